The normalized spacial score (nSPS) is 18.8. The van der Waals surface area contributed by atoms with E-state index in [0.717, 1.165) is 18.6 Å². The van der Waals surface area contributed by atoms with Crippen molar-refractivity contribution in [2.24, 2.45) is 0 Å². The fourth-order valence-electron chi connectivity index (χ4n) is 1.64. The Morgan fingerprint density at radius 3 is 3.00 bits per heavy atom. The standard InChI is InChI=1S/C11H12FO/c12-11-3-1-2-10(8-11)9-4-6-13-7-5-9/h1-4,8-9H,5-7H2. The average Bonchev–Trinajstić information content (AvgIpc) is 2.19. The van der Waals surface area contributed by atoms with Crippen LogP contribution in [0.2, 0.25) is 0 Å². The Kier molecular flexibility index (Phi) is 2.60. The first-order valence-corrected chi connectivity index (χ1v) is 4.53. The van der Waals surface area contributed by atoms with Crippen molar-refractivity contribution in [3.05, 3.63) is 42.1 Å². The van der Waals surface area contributed by atoms with Crippen molar-refractivity contribution in [1.82, 2.24) is 0 Å². The first kappa shape index (κ1) is 8.70. The first-order valence-electron chi connectivity index (χ1n) is 4.53. The highest BCUT2D eigenvalue weighted by atomic mass is 19.1. The van der Waals surface area contributed by atoms with Gasteiger partial charge in [-0.25, -0.2) is 4.39 Å². The molecule has 1 aliphatic rings. The van der Waals surface area contributed by atoms with Crippen LogP contribution in [-0.2, 0) is 4.74 Å². The molecule has 13 heavy (non-hydrogen) atoms. The van der Waals surface area contributed by atoms with Gasteiger partial charge in [0.1, 0.15) is 5.82 Å². The number of rotatable bonds is 1. The third-order valence-corrected chi connectivity index (χ3v) is 2.35. The van der Waals surface area contributed by atoms with E-state index in [2.05, 4.69) is 6.42 Å². The summed E-state index contributed by atoms with van der Waals surface area (Å²) in [5, 5.41) is 0. The summed E-state index contributed by atoms with van der Waals surface area (Å²) in [6.45, 7) is 1.46. The van der Waals surface area contributed by atoms with Gasteiger partial charge in [-0.3, -0.25) is 0 Å². The molecule has 2 rings (SSSR count). The third-order valence-electron chi connectivity index (χ3n) is 2.35. The molecule has 1 saturated heterocycles. The van der Waals surface area contributed by atoms with E-state index < -0.39 is 0 Å². The minimum Gasteiger partial charge on any atom is -0.381 e. The largest absolute Gasteiger partial charge is 0.381 e. The maximum absolute atomic E-state index is 12.9. The molecule has 1 unspecified atom stereocenters. The quantitative estimate of drug-likeness (QED) is 0.643. The zero-order valence-corrected chi connectivity index (χ0v) is 7.37. The number of halogens is 1. The van der Waals surface area contributed by atoms with Crippen LogP contribution >= 0.6 is 0 Å². The van der Waals surface area contributed by atoms with Crippen LogP contribution in [0.25, 0.3) is 0 Å². The molecule has 2 heteroatoms. The van der Waals surface area contributed by atoms with Crippen molar-refractivity contribution in [2.75, 3.05) is 13.2 Å². The summed E-state index contributed by atoms with van der Waals surface area (Å²) in [6, 6.07) is 6.80. The van der Waals surface area contributed by atoms with Gasteiger partial charge in [0, 0.05) is 6.61 Å². The Hall–Kier alpha value is -0.890. The van der Waals surface area contributed by atoms with Crippen molar-refractivity contribution in [3.63, 3.8) is 0 Å². The highest BCUT2D eigenvalue weighted by molar-refractivity contribution is 5.23. The molecule has 1 radical (unpaired) electrons. The topological polar surface area (TPSA) is 9.23 Å². The lowest BCUT2D eigenvalue weighted by Gasteiger charge is -2.21. The monoisotopic (exact) mass is 179 g/mol. The van der Waals surface area contributed by atoms with Gasteiger partial charge in [-0.15, -0.1) is 0 Å². The van der Waals surface area contributed by atoms with Gasteiger partial charge in [0.2, 0.25) is 0 Å². The fraction of sp³-hybridized carbons (Fsp3) is 0.364. The van der Waals surface area contributed by atoms with Gasteiger partial charge < -0.3 is 4.74 Å². The SMILES string of the molecule is Fc1cccc(C2[CH]COCC2)c1. The summed E-state index contributed by atoms with van der Waals surface area (Å²) < 4.78 is 18.1. The third kappa shape index (κ3) is 2.07. The average molecular weight is 179 g/mol. The van der Waals surface area contributed by atoms with E-state index in [0.29, 0.717) is 12.5 Å². The molecule has 1 aromatic carbocycles. The van der Waals surface area contributed by atoms with E-state index in [1.165, 1.54) is 6.07 Å². The van der Waals surface area contributed by atoms with Crippen molar-refractivity contribution in [1.29, 1.82) is 0 Å². The Labute approximate surface area is 77.5 Å². The molecule has 69 valence electrons. The molecule has 1 atom stereocenters. The smallest absolute Gasteiger partial charge is 0.123 e. The zero-order valence-electron chi connectivity index (χ0n) is 7.37. The lowest BCUT2D eigenvalue weighted by molar-refractivity contribution is 0.118. The predicted molar refractivity (Wildman–Crippen MR) is 48.9 cm³/mol. The van der Waals surface area contributed by atoms with Crippen LogP contribution in [0.4, 0.5) is 4.39 Å². The lowest BCUT2D eigenvalue weighted by atomic mass is 9.92. The second kappa shape index (κ2) is 3.88. The summed E-state index contributed by atoms with van der Waals surface area (Å²) in [6.07, 6.45) is 3.06. The highest BCUT2D eigenvalue weighted by Crippen LogP contribution is 2.25. The second-order valence-corrected chi connectivity index (χ2v) is 3.26. The van der Waals surface area contributed by atoms with Gasteiger partial charge in [0.05, 0.1) is 6.61 Å². The Balaban J connectivity index is 2.14. The number of ether oxygens (including phenoxy) is 1. The Morgan fingerprint density at radius 1 is 1.38 bits per heavy atom. The van der Waals surface area contributed by atoms with Gasteiger partial charge in [0.25, 0.3) is 0 Å². The molecular formula is C11H12FO. The van der Waals surface area contributed by atoms with Gasteiger partial charge in [0.15, 0.2) is 0 Å². The molecule has 1 heterocycles. The van der Waals surface area contributed by atoms with Crippen molar-refractivity contribution in [3.8, 4) is 0 Å². The molecule has 1 aliphatic heterocycles. The van der Waals surface area contributed by atoms with Crippen LogP contribution in [-0.4, -0.2) is 13.2 Å². The van der Waals surface area contributed by atoms with E-state index in [1.54, 1.807) is 12.1 Å². The molecule has 1 nitrogen and oxygen atoms in total. The van der Waals surface area contributed by atoms with Gasteiger partial charge in [-0.05, 0) is 36.5 Å². The lowest BCUT2D eigenvalue weighted by Crippen LogP contribution is -2.14. The first-order chi connectivity index (χ1) is 6.36. The molecular weight excluding hydrogens is 167 g/mol. The minimum atomic E-state index is -0.155. The van der Waals surface area contributed by atoms with Crippen molar-refractivity contribution < 1.29 is 9.13 Å². The summed E-state index contributed by atoms with van der Waals surface area (Å²) in [4.78, 5) is 0. The molecule has 0 aromatic heterocycles. The van der Waals surface area contributed by atoms with E-state index in [1.807, 2.05) is 6.07 Å². The molecule has 0 bridgehead atoms. The van der Waals surface area contributed by atoms with Crippen LogP contribution in [0.5, 0.6) is 0 Å². The van der Waals surface area contributed by atoms with Crippen LogP contribution in [0.1, 0.15) is 17.9 Å². The summed E-state index contributed by atoms with van der Waals surface area (Å²) in [5.41, 5.74) is 1.06. The molecule has 1 fully saturated rings. The van der Waals surface area contributed by atoms with Crippen molar-refractivity contribution in [2.45, 2.75) is 12.3 Å². The summed E-state index contributed by atoms with van der Waals surface area (Å²) in [7, 11) is 0. The van der Waals surface area contributed by atoms with Crippen LogP contribution in [0.3, 0.4) is 0 Å². The minimum absolute atomic E-state index is 0.155. The second-order valence-electron chi connectivity index (χ2n) is 3.26. The van der Waals surface area contributed by atoms with Crippen molar-refractivity contribution >= 4 is 0 Å². The molecule has 1 aromatic rings. The van der Waals surface area contributed by atoms with E-state index in [9.17, 15) is 4.39 Å². The van der Waals surface area contributed by atoms with Gasteiger partial charge in [-0.2, -0.15) is 0 Å². The fourth-order valence-corrected chi connectivity index (χ4v) is 1.64. The number of hydrogen-bond donors (Lipinski definition) is 0. The number of hydrogen-bond acceptors (Lipinski definition) is 1. The Bertz CT molecular complexity index is 279. The summed E-state index contributed by atoms with van der Waals surface area (Å²) in [5.74, 6) is 0.210. The Morgan fingerprint density at radius 2 is 2.31 bits per heavy atom. The zero-order chi connectivity index (χ0) is 9.10. The maximum atomic E-state index is 12.9. The molecule has 0 N–H and O–H groups in total. The van der Waals surface area contributed by atoms with Gasteiger partial charge in [-0.1, -0.05) is 12.1 Å². The van der Waals surface area contributed by atoms with Crippen LogP contribution in [0, 0.1) is 12.2 Å². The maximum Gasteiger partial charge on any atom is 0.123 e. The van der Waals surface area contributed by atoms with Crippen LogP contribution < -0.4 is 0 Å². The van der Waals surface area contributed by atoms with E-state index in [4.69, 9.17) is 4.74 Å². The molecule has 0 saturated carbocycles. The van der Waals surface area contributed by atoms with E-state index in [-0.39, 0.29) is 5.82 Å². The highest BCUT2D eigenvalue weighted by Gasteiger charge is 2.15. The molecule has 0 amide bonds. The summed E-state index contributed by atoms with van der Waals surface area (Å²) >= 11 is 0. The van der Waals surface area contributed by atoms with E-state index >= 15 is 0 Å². The number of benzene rings is 1. The molecule has 0 spiro atoms. The van der Waals surface area contributed by atoms with Gasteiger partial charge >= 0.3 is 0 Å². The molecule has 0 aliphatic carbocycles. The predicted octanol–water partition coefficient (Wildman–Crippen LogP) is 2.53. The van der Waals surface area contributed by atoms with Crippen LogP contribution in [0.15, 0.2) is 24.3 Å².